The van der Waals surface area contributed by atoms with Gasteiger partial charge in [-0.3, -0.25) is 0 Å². The first-order valence-corrected chi connectivity index (χ1v) is 5.31. The van der Waals surface area contributed by atoms with E-state index in [2.05, 4.69) is 6.58 Å². The Hall–Kier alpha value is -1.48. The Labute approximate surface area is 99.8 Å². The van der Waals surface area contributed by atoms with Gasteiger partial charge < -0.3 is 10.5 Å². The standard InChI is InChI=1S/C12H14ClNO2/c1-2-5-10(16-12(14)15)8-9-6-3-4-7-11(9)13/h2-4,6-7,10H,1,5,8H2,(H2,14,15). The lowest BCUT2D eigenvalue weighted by Gasteiger charge is -2.15. The number of primary amides is 1. The summed E-state index contributed by atoms with van der Waals surface area (Å²) in [5.41, 5.74) is 5.91. The molecule has 1 unspecified atom stereocenters. The molecule has 1 rings (SSSR count). The number of carbonyl (C=O) groups is 1. The molecule has 2 N–H and O–H groups in total. The highest BCUT2D eigenvalue weighted by atomic mass is 35.5. The average Bonchev–Trinajstić information content (AvgIpc) is 2.21. The molecular formula is C12H14ClNO2. The first-order chi connectivity index (χ1) is 7.63. The van der Waals surface area contributed by atoms with Crippen molar-refractivity contribution < 1.29 is 9.53 Å². The van der Waals surface area contributed by atoms with E-state index >= 15 is 0 Å². The molecule has 0 aliphatic rings. The van der Waals surface area contributed by atoms with Crippen molar-refractivity contribution in [2.75, 3.05) is 0 Å². The molecule has 0 bridgehead atoms. The van der Waals surface area contributed by atoms with Crippen LogP contribution in [0.5, 0.6) is 0 Å². The molecule has 1 aromatic carbocycles. The van der Waals surface area contributed by atoms with E-state index in [1.165, 1.54) is 0 Å². The molecule has 0 heterocycles. The van der Waals surface area contributed by atoms with E-state index < -0.39 is 6.09 Å². The molecule has 1 amide bonds. The van der Waals surface area contributed by atoms with Crippen LogP contribution in [0.4, 0.5) is 4.79 Å². The first kappa shape index (κ1) is 12.6. The first-order valence-electron chi connectivity index (χ1n) is 4.94. The van der Waals surface area contributed by atoms with Gasteiger partial charge in [0.25, 0.3) is 0 Å². The minimum absolute atomic E-state index is 0.310. The summed E-state index contributed by atoms with van der Waals surface area (Å²) in [5, 5.41) is 0.657. The van der Waals surface area contributed by atoms with Crippen LogP contribution in [-0.4, -0.2) is 12.2 Å². The minimum Gasteiger partial charge on any atom is -0.446 e. The Kier molecular flexibility index (Phi) is 4.86. The smallest absolute Gasteiger partial charge is 0.404 e. The lowest BCUT2D eigenvalue weighted by molar-refractivity contribution is 0.108. The number of rotatable bonds is 5. The molecule has 0 spiro atoms. The maximum absolute atomic E-state index is 10.7. The van der Waals surface area contributed by atoms with Crippen molar-refractivity contribution in [3.05, 3.63) is 47.5 Å². The Bertz CT molecular complexity index is 379. The fraction of sp³-hybridized carbons (Fsp3) is 0.250. The van der Waals surface area contributed by atoms with Crippen molar-refractivity contribution >= 4 is 17.7 Å². The van der Waals surface area contributed by atoms with E-state index in [1.54, 1.807) is 12.1 Å². The molecule has 0 fully saturated rings. The van der Waals surface area contributed by atoms with Crippen LogP contribution >= 0.6 is 11.6 Å². The van der Waals surface area contributed by atoms with Gasteiger partial charge >= 0.3 is 6.09 Å². The van der Waals surface area contributed by atoms with Gasteiger partial charge in [0.1, 0.15) is 6.10 Å². The Morgan fingerprint density at radius 3 is 2.81 bits per heavy atom. The zero-order chi connectivity index (χ0) is 12.0. The second kappa shape index (κ2) is 6.18. The lowest BCUT2D eigenvalue weighted by Crippen LogP contribution is -2.24. The molecule has 0 aliphatic carbocycles. The molecule has 16 heavy (non-hydrogen) atoms. The van der Waals surface area contributed by atoms with Gasteiger partial charge in [-0.15, -0.1) is 6.58 Å². The van der Waals surface area contributed by atoms with Crippen molar-refractivity contribution in [2.45, 2.75) is 18.9 Å². The summed E-state index contributed by atoms with van der Waals surface area (Å²) in [4.78, 5) is 10.7. The molecule has 86 valence electrons. The molecule has 1 aromatic rings. The quantitative estimate of drug-likeness (QED) is 0.804. The second-order valence-electron chi connectivity index (χ2n) is 3.38. The predicted molar refractivity (Wildman–Crippen MR) is 64.4 cm³/mol. The molecular weight excluding hydrogens is 226 g/mol. The van der Waals surface area contributed by atoms with Crippen LogP contribution in [0, 0.1) is 0 Å². The van der Waals surface area contributed by atoms with Gasteiger partial charge in [0.2, 0.25) is 0 Å². The Morgan fingerprint density at radius 1 is 1.56 bits per heavy atom. The van der Waals surface area contributed by atoms with Crippen molar-refractivity contribution in [2.24, 2.45) is 5.73 Å². The van der Waals surface area contributed by atoms with Crippen LogP contribution in [-0.2, 0) is 11.2 Å². The maximum Gasteiger partial charge on any atom is 0.404 e. The van der Waals surface area contributed by atoms with Crippen molar-refractivity contribution in [1.29, 1.82) is 0 Å². The number of carbonyl (C=O) groups excluding carboxylic acids is 1. The van der Waals surface area contributed by atoms with Gasteiger partial charge in [-0.2, -0.15) is 0 Å². The average molecular weight is 240 g/mol. The van der Waals surface area contributed by atoms with E-state index in [9.17, 15) is 4.79 Å². The summed E-state index contributed by atoms with van der Waals surface area (Å²) in [6.45, 7) is 3.61. The van der Waals surface area contributed by atoms with Gasteiger partial charge in [0.05, 0.1) is 0 Å². The zero-order valence-corrected chi connectivity index (χ0v) is 9.61. The van der Waals surface area contributed by atoms with Gasteiger partial charge in [0.15, 0.2) is 0 Å². The summed E-state index contributed by atoms with van der Waals surface area (Å²) < 4.78 is 4.96. The number of nitrogens with two attached hydrogens (primary N) is 1. The highest BCUT2D eigenvalue weighted by Crippen LogP contribution is 2.18. The van der Waals surface area contributed by atoms with E-state index in [0.717, 1.165) is 5.56 Å². The molecule has 0 aliphatic heterocycles. The largest absolute Gasteiger partial charge is 0.446 e. The van der Waals surface area contributed by atoms with Crippen LogP contribution in [0.3, 0.4) is 0 Å². The summed E-state index contributed by atoms with van der Waals surface area (Å²) in [6, 6.07) is 7.43. The summed E-state index contributed by atoms with van der Waals surface area (Å²) in [5.74, 6) is 0. The predicted octanol–water partition coefficient (Wildman–Crippen LogP) is 2.92. The second-order valence-corrected chi connectivity index (χ2v) is 3.79. The van der Waals surface area contributed by atoms with Gasteiger partial charge in [0, 0.05) is 17.9 Å². The van der Waals surface area contributed by atoms with Crippen LogP contribution in [0.2, 0.25) is 5.02 Å². The van der Waals surface area contributed by atoms with E-state index in [1.807, 2.05) is 18.2 Å². The molecule has 4 heteroatoms. The fourth-order valence-electron chi connectivity index (χ4n) is 1.43. The number of halogens is 1. The molecule has 0 saturated heterocycles. The number of amides is 1. The number of ether oxygens (including phenoxy) is 1. The highest BCUT2D eigenvalue weighted by Gasteiger charge is 2.13. The van der Waals surface area contributed by atoms with Crippen LogP contribution in [0.25, 0.3) is 0 Å². The summed E-state index contributed by atoms with van der Waals surface area (Å²) in [6.07, 6.45) is 1.68. The van der Waals surface area contributed by atoms with Gasteiger partial charge in [-0.05, 0) is 11.6 Å². The SMILES string of the molecule is C=CCC(Cc1ccccc1Cl)OC(N)=O. The van der Waals surface area contributed by atoms with Crippen molar-refractivity contribution in [3.8, 4) is 0 Å². The van der Waals surface area contributed by atoms with Crippen molar-refractivity contribution in [3.63, 3.8) is 0 Å². The lowest BCUT2D eigenvalue weighted by atomic mass is 10.1. The normalized spacial score (nSPS) is 11.8. The van der Waals surface area contributed by atoms with Gasteiger partial charge in [-0.1, -0.05) is 35.9 Å². The third kappa shape index (κ3) is 3.95. The molecule has 0 saturated carbocycles. The van der Waals surface area contributed by atoms with Crippen molar-refractivity contribution in [1.82, 2.24) is 0 Å². The third-order valence-electron chi connectivity index (χ3n) is 2.12. The minimum atomic E-state index is -0.779. The Morgan fingerprint density at radius 2 is 2.25 bits per heavy atom. The molecule has 1 atom stereocenters. The number of hydrogen-bond donors (Lipinski definition) is 1. The third-order valence-corrected chi connectivity index (χ3v) is 2.49. The summed E-state index contributed by atoms with van der Waals surface area (Å²) in [7, 11) is 0. The van der Waals surface area contributed by atoms with E-state index in [0.29, 0.717) is 17.9 Å². The van der Waals surface area contributed by atoms with Crippen LogP contribution in [0.15, 0.2) is 36.9 Å². The molecule has 3 nitrogen and oxygen atoms in total. The fourth-order valence-corrected chi connectivity index (χ4v) is 1.65. The number of hydrogen-bond acceptors (Lipinski definition) is 2. The maximum atomic E-state index is 10.7. The van der Waals surface area contributed by atoms with E-state index in [-0.39, 0.29) is 6.10 Å². The zero-order valence-electron chi connectivity index (χ0n) is 8.86. The highest BCUT2D eigenvalue weighted by molar-refractivity contribution is 6.31. The molecule has 0 aromatic heterocycles. The Balaban J connectivity index is 2.71. The summed E-state index contributed by atoms with van der Waals surface area (Å²) >= 11 is 6.01. The molecule has 0 radical (unpaired) electrons. The monoisotopic (exact) mass is 239 g/mol. The van der Waals surface area contributed by atoms with Gasteiger partial charge in [-0.25, -0.2) is 4.79 Å². The number of benzene rings is 1. The van der Waals surface area contributed by atoms with E-state index in [4.69, 9.17) is 22.1 Å². The van der Waals surface area contributed by atoms with Crippen LogP contribution in [0.1, 0.15) is 12.0 Å². The topological polar surface area (TPSA) is 52.3 Å². The van der Waals surface area contributed by atoms with Crippen LogP contribution < -0.4 is 5.73 Å².